The standard InChI is InChI=1S/C11H12Br2FN3O2S.C10H9Br2FN2O4S2.ClH/c1-20(18,19)17-8-5-7(14)6(10(12)11(8)13)4-9-15-2-3-16-9;1-20(16,17)15(21(2,18)19)8-5-7(13)6(3-4-14)9(11)10(8)12;/h5,17H,2-4H2,1H3,(H,15,16);5H,3H2,1-2H3;1H. The zero-order valence-corrected chi connectivity index (χ0v) is 31.3. The summed E-state index contributed by atoms with van der Waals surface area (Å²) < 4.78 is 101. The van der Waals surface area contributed by atoms with Crippen molar-refractivity contribution in [2.45, 2.75) is 12.8 Å². The number of nitrogens with one attached hydrogen (secondary N) is 2. The first-order valence-corrected chi connectivity index (χ1v) is 19.6. The van der Waals surface area contributed by atoms with Gasteiger partial charge in [-0.15, -0.1) is 12.4 Å². The Hall–Kier alpha value is -1.08. The topological polar surface area (TPSA) is 166 Å². The highest BCUT2D eigenvalue weighted by molar-refractivity contribution is 9.13. The van der Waals surface area contributed by atoms with Crippen LogP contribution in [0.5, 0.6) is 0 Å². The van der Waals surface area contributed by atoms with E-state index < -0.39 is 47.4 Å². The molecule has 0 aliphatic carbocycles. The van der Waals surface area contributed by atoms with Crippen molar-refractivity contribution >= 4 is 123 Å². The van der Waals surface area contributed by atoms with Gasteiger partial charge in [-0.05, 0) is 69.8 Å². The van der Waals surface area contributed by atoms with E-state index in [1.165, 1.54) is 0 Å². The van der Waals surface area contributed by atoms with Gasteiger partial charge in [0.1, 0.15) is 17.5 Å². The Balaban J connectivity index is 0.000000410. The number of nitriles is 1. The number of sulfonamides is 3. The molecule has 0 bridgehead atoms. The molecule has 0 atom stereocenters. The van der Waals surface area contributed by atoms with Crippen LogP contribution in [0.2, 0.25) is 0 Å². The first-order valence-electron chi connectivity index (χ1n) is 10.8. The monoisotopic (exact) mass is 925 g/mol. The van der Waals surface area contributed by atoms with Gasteiger partial charge >= 0.3 is 0 Å². The van der Waals surface area contributed by atoms with E-state index in [4.69, 9.17) is 5.26 Å². The van der Waals surface area contributed by atoms with Crippen LogP contribution in [0.25, 0.3) is 0 Å². The molecule has 1 aliphatic rings. The summed E-state index contributed by atoms with van der Waals surface area (Å²) in [4.78, 5) is 4.22. The summed E-state index contributed by atoms with van der Waals surface area (Å²) in [5, 5.41) is 11.7. The van der Waals surface area contributed by atoms with Gasteiger partial charge in [-0.1, -0.05) is 0 Å². The number of halogens is 7. The number of nitrogens with zero attached hydrogens (tertiary/aromatic N) is 3. The fourth-order valence-corrected chi connectivity index (χ4v) is 9.36. The van der Waals surface area contributed by atoms with Crippen molar-refractivity contribution in [1.82, 2.24) is 5.32 Å². The molecule has 2 aromatic carbocycles. The van der Waals surface area contributed by atoms with Crippen molar-refractivity contribution in [2.75, 3.05) is 40.3 Å². The van der Waals surface area contributed by atoms with Crippen LogP contribution in [0.4, 0.5) is 20.2 Å². The van der Waals surface area contributed by atoms with Crippen molar-refractivity contribution in [3.05, 3.63) is 52.8 Å². The number of hydrogen-bond donors (Lipinski definition) is 2. The minimum Gasteiger partial charge on any atom is -0.372 e. The lowest BCUT2D eigenvalue weighted by Gasteiger charge is -2.22. The van der Waals surface area contributed by atoms with E-state index >= 15 is 0 Å². The van der Waals surface area contributed by atoms with Crippen molar-refractivity contribution in [3.63, 3.8) is 0 Å². The highest BCUT2D eigenvalue weighted by atomic mass is 79.9. The summed E-state index contributed by atoms with van der Waals surface area (Å²) in [5.41, 5.74) is 0.173. The Bertz CT molecular complexity index is 1740. The van der Waals surface area contributed by atoms with Crippen molar-refractivity contribution in [1.29, 1.82) is 5.26 Å². The first kappa shape index (κ1) is 38.9. The fraction of sp³-hybridized carbons (Fsp3) is 0.333. The molecule has 0 aromatic heterocycles. The van der Waals surface area contributed by atoms with E-state index in [-0.39, 0.29) is 42.7 Å². The van der Waals surface area contributed by atoms with Crippen LogP contribution < -0.4 is 13.7 Å². The smallest absolute Gasteiger partial charge is 0.245 e. The van der Waals surface area contributed by atoms with Gasteiger partial charge in [0.2, 0.25) is 30.1 Å². The molecule has 1 aliphatic heterocycles. The van der Waals surface area contributed by atoms with Gasteiger partial charge in [0, 0.05) is 39.1 Å². The second kappa shape index (κ2) is 15.3. The zero-order valence-electron chi connectivity index (χ0n) is 21.7. The molecule has 2 N–H and O–H groups in total. The molecule has 0 fully saturated rings. The molecule has 21 heteroatoms. The lowest BCUT2D eigenvalue weighted by molar-refractivity contribution is 0.589. The molecule has 1 heterocycles. The first-order chi connectivity index (χ1) is 18.7. The number of aliphatic imine (C=N–C) groups is 1. The van der Waals surface area contributed by atoms with Gasteiger partial charge in [0.05, 0.1) is 58.1 Å². The van der Waals surface area contributed by atoms with Crippen LogP contribution in [0.15, 0.2) is 35.0 Å². The molecule has 11 nitrogen and oxygen atoms in total. The molecule has 42 heavy (non-hydrogen) atoms. The average Bonchev–Trinajstić information content (AvgIpc) is 3.32. The van der Waals surface area contributed by atoms with Crippen LogP contribution in [0, 0.1) is 23.0 Å². The summed E-state index contributed by atoms with van der Waals surface area (Å²) in [6, 6.07) is 3.67. The number of hydrogen-bond acceptors (Lipinski definition) is 9. The van der Waals surface area contributed by atoms with Gasteiger partial charge in [-0.25, -0.2) is 34.0 Å². The molecule has 0 saturated heterocycles. The van der Waals surface area contributed by atoms with Crippen LogP contribution in [-0.4, -0.2) is 62.9 Å². The number of benzene rings is 2. The summed E-state index contributed by atoms with van der Waals surface area (Å²) >= 11 is 12.6. The highest BCUT2D eigenvalue weighted by Gasteiger charge is 2.31. The molecule has 0 saturated carbocycles. The predicted octanol–water partition coefficient (Wildman–Crippen LogP) is 4.83. The molecule has 0 radical (unpaired) electrons. The molecule has 234 valence electrons. The zero-order chi connectivity index (χ0) is 31.5. The van der Waals surface area contributed by atoms with Gasteiger partial charge in [-0.2, -0.15) is 8.97 Å². The largest absolute Gasteiger partial charge is 0.372 e. The molecule has 3 rings (SSSR count). The maximum Gasteiger partial charge on any atom is 0.245 e. The number of anilines is 2. The van der Waals surface area contributed by atoms with Crippen LogP contribution >= 0.6 is 76.1 Å². The Morgan fingerprint density at radius 1 is 0.929 bits per heavy atom. The van der Waals surface area contributed by atoms with Gasteiger partial charge in [0.15, 0.2) is 0 Å². The Labute approximate surface area is 282 Å². The molecule has 0 unspecified atom stereocenters. The quantitative estimate of drug-likeness (QED) is 0.356. The van der Waals surface area contributed by atoms with E-state index in [0.717, 1.165) is 30.8 Å². The van der Waals surface area contributed by atoms with Gasteiger partial charge < -0.3 is 5.32 Å². The van der Waals surface area contributed by atoms with Crippen molar-refractivity contribution in [2.24, 2.45) is 4.99 Å². The number of amidine groups is 1. The average molecular weight is 930 g/mol. The maximum atomic E-state index is 14.2. The fourth-order valence-electron chi connectivity index (χ4n) is 3.40. The van der Waals surface area contributed by atoms with Crippen molar-refractivity contribution < 1.29 is 34.0 Å². The second-order valence-corrected chi connectivity index (χ2v) is 17.2. The molecule has 0 spiro atoms. The Morgan fingerprint density at radius 2 is 1.45 bits per heavy atom. The van der Waals surface area contributed by atoms with E-state index in [1.807, 2.05) is 0 Å². The Kier molecular flexibility index (Phi) is 14.2. The molecular weight excluding hydrogens is 908 g/mol. The van der Waals surface area contributed by atoms with Crippen LogP contribution in [0.1, 0.15) is 11.1 Å². The Morgan fingerprint density at radius 3 is 1.90 bits per heavy atom. The summed E-state index contributed by atoms with van der Waals surface area (Å²) in [7, 11) is -11.9. The number of rotatable bonds is 8. The van der Waals surface area contributed by atoms with Gasteiger partial charge in [-0.3, -0.25) is 9.71 Å². The normalized spacial score (nSPS) is 13.1. The lowest BCUT2D eigenvalue weighted by atomic mass is 10.1. The highest BCUT2D eigenvalue weighted by Crippen LogP contribution is 2.40. The second-order valence-electron chi connectivity index (χ2n) is 8.36. The van der Waals surface area contributed by atoms with E-state index in [9.17, 15) is 34.0 Å². The van der Waals surface area contributed by atoms with E-state index in [1.54, 1.807) is 6.07 Å². The molecule has 0 amide bonds. The summed E-state index contributed by atoms with van der Waals surface area (Å²) in [5.74, 6) is -0.665. The lowest BCUT2D eigenvalue weighted by Crippen LogP contribution is -2.35. The van der Waals surface area contributed by atoms with E-state index in [0.29, 0.717) is 40.0 Å². The summed E-state index contributed by atoms with van der Waals surface area (Å²) in [6.07, 6.45) is 2.45. The van der Waals surface area contributed by atoms with E-state index in [2.05, 4.69) is 78.8 Å². The third kappa shape index (κ3) is 10.2. The third-order valence-corrected chi connectivity index (χ3v) is 13.2. The van der Waals surface area contributed by atoms with Crippen molar-refractivity contribution in [3.8, 4) is 6.07 Å². The van der Waals surface area contributed by atoms with Gasteiger partial charge in [0.25, 0.3) is 0 Å². The molecule has 2 aromatic rings. The summed E-state index contributed by atoms with van der Waals surface area (Å²) in [6.45, 7) is 1.44. The third-order valence-electron chi connectivity index (χ3n) is 4.93. The predicted molar refractivity (Wildman–Crippen MR) is 175 cm³/mol. The minimum absolute atomic E-state index is 0. The minimum atomic E-state index is -4.19. The van der Waals surface area contributed by atoms with Crippen LogP contribution in [-0.2, 0) is 42.9 Å². The SMILES string of the molecule is CS(=O)(=O)N(c1cc(F)c(CC#N)c(Br)c1Br)S(C)(=O)=O.CS(=O)(=O)Nc1cc(F)c(CC2=NCCN2)c(Br)c1Br.Cl. The molecular formula is C21H22Br4ClF2N5O6S3. The maximum absolute atomic E-state index is 14.2. The van der Waals surface area contributed by atoms with Crippen LogP contribution in [0.3, 0.4) is 0 Å².